The summed E-state index contributed by atoms with van der Waals surface area (Å²) in [5, 5.41) is 18.2. The lowest BCUT2D eigenvalue weighted by molar-refractivity contribution is 0.125. The fraction of sp³-hybridized carbons (Fsp3) is 0.778. The van der Waals surface area contributed by atoms with E-state index in [1.54, 1.807) is 11.7 Å². The summed E-state index contributed by atoms with van der Waals surface area (Å²) in [5.41, 5.74) is 0.770. The first-order valence-electron chi connectivity index (χ1n) is 4.92. The zero-order chi connectivity index (χ0) is 11.1. The zero-order valence-electron chi connectivity index (χ0n) is 8.77. The number of thioether (sulfide) groups is 1. The Balaban J connectivity index is 2.31. The smallest absolute Gasteiger partial charge is 0.154 e. The fourth-order valence-corrected chi connectivity index (χ4v) is 3.79. The highest BCUT2D eigenvalue weighted by Crippen LogP contribution is 2.47. The molecule has 1 aliphatic heterocycles. The van der Waals surface area contributed by atoms with E-state index >= 15 is 0 Å². The van der Waals surface area contributed by atoms with Crippen molar-refractivity contribution in [2.45, 2.75) is 30.6 Å². The molecule has 0 radical (unpaired) electrons. The van der Waals surface area contributed by atoms with E-state index in [9.17, 15) is 5.11 Å². The van der Waals surface area contributed by atoms with Gasteiger partial charge >= 0.3 is 0 Å². The molecule has 1 fully saturated rings. The Morgan fingerprint density at radius 1 is 1.67 bits per heavy atom. The molecule has 1 saturated heterocycles. The van der Waals surface area contributed by atoms with Gasteiger partial charge in [0.05, 0.1) is 0 Å². The number of aliphatic hydroxyl groups is 1. The largest absolute Gasteiger partial charge is 0.385 e. The second-order valence-electron chi connectivity index (χ2n) is 4.06. The van der Waals surface area contributed by atoms with Crippen LogP contribution in [0.25, 0.3) is 0 Å². The van der Waals surface area contributed by atoms with Crippen LogP contribution in [0.3, 0.4) is 0 Å². The summed E-state index contributed by atoms with van der Waals surface area (Å²) in [5.74, 6) is 1.12. The van der Waals surface area contributed by atoms with E-state index in [0.29, 0.717) is 4.60 Å². The van der Waals surface area contributed by atoms with Gasteiger partial charge < -0.3 is 5.11 Å². The van der Waals surface area contributed by atoms with E-state index in [0.717, 1.165) is 17.9 Å². The van der Waals surface area contributed by atoms with Crippen molar-refractivity contribution < 1.29 is 5.11 Å². The van der Waals surface area contributed by atoms with Crippen molar-refractivity contribution in [2.75, 3.05) is 5.75 Å². The van der Waals surface area contributed by atoms with Crippen LogP contribution in [0, 0.1) is 0 Å². The molecule has 0 aromatic carbocycles. The van der Waals surface area contributed by atoms with Crippen molar-refractivity contribution in [1.82, 2.24) is 15.0 Å². The van der Waals surface area contributed by atoms with Crippen LogP contribution >= 0.6 is 27.7 Å². The van der Waals surface area contributed by atoms with Crippen LogP contribution in [-0.2, 0) is 7.05 Å². The van der Waals surface area contributed by atoms with E-state index in [1.807, 2.05) is 11.8 Å². The number of nitrogens with zero attached hydrogens (tertiary/aromatic N) is 3. The minimum Gasteiger partial charge on any atom is -0.385 e. The summed E-state index contributed by atoms with van der Waals surface area (Å²) in [6.45, 7) is 2.11. The molecule has 6 heteroatoms. The van der Waals surface area contributed by atoms with Gasteiger partial charge in [-0.1, -0.05) is 5.21 Å². The SMILES string of the molecule is Cn1nnc(Br)c1C(O)C1(C)CCCS1. The average molecular weight is 292 g/mol. The minimum absolute atomic E-state index is 0.0992. The topological polar surface area (TPSA) is 50.9 Å². The maximum Gasteiger partial charge on any atom is 0.154 e. The van der Waals surface area contributed by atoms with Gasteiger partial charge in [-0.05, 0) is 41.4 Å². The molecule has 15 heavy (non-hydrogen) atoms. The van der Waals surface area contributed by atoms with Gasteiger partial charge in [0, 0.05) is 11.8 Å². The molecule has 4 nitrogen and oxygen atoms in total. The maximum absolute atomic E-state index is 10.4. The van der Waals surface area contributed by atoms with Crippen LogP contribution in [0.1, 0.15) is 31.6 Å². The molecule has 1 aromatic rings. The molecule has 84 valence electrons. The van der Waals surface area contributed by atoms with Gasteiger partial charge in [-0.3, -0.25) is 0 Å². The van der Waals surface area contributed by atoms with Crippen LogP contribution < -0.4 is 0 Å². The van der Waals surface area contributed by atoms with Gasteiger partial charge in [-0.2, -0.15) is 11.8 Å². The lowest BCUT2D eigenvalue weighted by Crippen LogP contribution is -2.28. The third-order valence-corrected chi connectivity index (χ3v) is 5.06. The molecule has 1 N–H and O–H groups in total. The standard InChI is InChI=1S/C9H14BrN3OS/c1-9(4-3-5-15-9)7(14)6-8(10)11-12-13(6)2/h7,14H,3-5H2,1-2H3. The number of rotatable bonds is 2. The number of aliphatic hydroxyl groups excluding tert-OH is 1. The fourth-order valence-electron chi connectivity index (χ4n) is 1.93. The van der Waals surface area contributed by atoms with Crippen LogP contribution in [-0.4, -0.2) is 30.6 Å². The first-order valence-corrected chi connectivity index (χ1v) is 6.69. The molecule has 0 spiro atoms. The molecule has 0 bridgehead atoms. The van der Waals surface area contributed by atoms with Crippen molar-refractivity contribution in [2.24, 2.45) is 7.05 Å². The molecule has 0 saturated carbocycles. The molecule has 0 amide bonds. The van der Waals surface area contributed by atoms with E-state index < -0.39 is 6.10 Å². The lowest BCUT2D eigenvalue weighted by atomic mass is 9.96. The predicted molar refractivity (Wildman–Crippen MR) is 63.8 cm³/mol. The van der Waals surface area contributed by atoms with Gasteiger partial charge in [-0.15, -0.1) is 5.10 Å². The van der Waals surface area contributed by atoms with Crippen molar-refractivity contribution in [3.63, 3.8) is 0 Å². The summed E-state index contributed by atoms with van der Waals surface area (Å²) in [6.07, 6.45) is 1.69. The third-order valence-electron chi connectivity index (χ3n) is 2.91. The minimum atomic E-state index is -0.514. The monoisotopic (exact) mass is 291 g/mol. The highest BCUT2D eigenvalue weighted by Gasteiger charge is 2.40. The summed E-state index contributed by atoms with van der Waals surface area (Å²) in [7, 11) is 1.80. The molecule has 1 aliphatic rings. The molecule has 2 rings (SSSR count). The maximum atomic E-state index is 10.4. The van der Waals surface area contributed by atoms with Gasteiger partial charge in [0.25, 0.3) is 0 Å². The Kier molecular flexibility index (Phi) is 3.10. The molecular weight excluding hydrogens is 278 g/mol. The molecule has 2 unspecified atom stereocenters. The number of halogens is 1. The number of aryl methyl sites for hydroxylation is 1. The molecular formula is C9H14BrN3OS. The van der Waals surface area contributed by atoms with E-state index in [4.69, 9.17) is 0 Å². The summed E-state index contributed by atoms with van der Waals surface area (Å²) >= 11 is 5.15. The van der Waals surface area contributed by atoms with Crippen molar-refractivity contribution >= 4 is 27.7 Å². The first-order chi connectivity index (χ1) is 7.04. The predicted octanol–water partition coefficient (Wildman–Crippen LogP) is 1.90. The van der Waals surface area contributed by atoms with Crippen LogP contribution in [0.4, 0.5) is 0 Å². The van der Waals surface area contributed by atoms with Gasteiger partial charge in [0.1, 0.15) is 11.8 Å². The van der Waals surface area contributed by atoms with Gasteiger partial charge in [0.15, 0.2) is 4.60 Å². The Morgan fingerprint density at radius 3 is 2.87 bits per heavy atom. The van der Waals surface area contributed by atoms with E-state index in [2.05, 4.69) is 33.2 Å². The van der Waals surface area contributed by atoms with Crippen LogP contribution in [0.2, 0.25) is 0 Å². The third kappa shape index (κ3) is 1.94. The summed E-state index contributed by atoms with van der Waals surface area (Å²) in [6, 6.07) is 0. The Bertz CT molecular complexity index is 343. The Labute approximate surface area is 102 Å². The first kappa shape index (κ1) is 11.4. The van der Waals surface area contributed by atoms with Crippen molar-refractivity contribution in [3.05, 3.63) is 10.3 Å². The van der Waals surface area contributed by atoms with E-state index in [-0.39, 0.29) is 4.75 Å². The number of hydrogen-bond acceptors (Lipinski definition) is 4. The van der Waals surface area contributed by atoms with Gasteiger partial charge in [0.2, 0.25) is 0 Å². The van der Waals surface area contributed by atoms with E-state index in [1.165, 1.54) is 6.42 Å². The normalized spacial score (nSPS) is 28.3. The number of hydrogen-bond donors (Lipinski definition) is 1. The van der Waals surface area contributed by atoms with Crippen LogP contribution in [0.15, 0.2) is 4.60 Å². The second kappa shape index (κ2) is 4.07. The van der Waals surface area contributed by atoms with Crippen molar-refractivity contribution in [3.8, 4) is 0 Å². The number of aromatic nitrogens is 3. The Hall–Kier alpha value is -0.0700. The van der Waals surface area contributed by atoms with Crippen LogP contribution in [0.5, 0.6) is 0 Å². The summed E-state index contributed by atoms with van der Waals surface area (Å²) < 4.78 is 2.18. The Morgan fingerprint density at radius 2 is 2.40 bits per heavy atom. The molecule has 1 aromatic heterocycles. The highest BCUT2D eigenvalue weighted by atomic mass is 79.9. The highest BCUT2D eigenvalue weighted by molar-refractivity contribution is 9.10. The molecule has 2 atom stereocenters. The van der Waals surface area contributed by atoms with Crippen molar-refractivity contribution in [1.29, 1.82) is 0 Å². The average Bonchev–Trinajstić information content (AvgIpc) is 2.75. The second-order valence-corrected chi connectivity index (χ2v) is 6.44. The summed E-state index contributed by atoms with van der Waals surface area (Å²) in [4.78, 5) is 0. The molecule has 2 heterocycles. The zero-order valence-corrected chi connectivity index (χ0v) is 11.2. The quantitative estimate of drug-likeness (QED) is 0.904. The lowest BCUT2D eigenvalue weighted by Gasteiger charge is -2.28. The van der Waals surface area contributed by atoms with Gasteiger partial charge in [-0.25, -0.2) is 4.68 Å². The molecule has 0 aliphatic carbocycles.